The number of aromatic nitrogens is 4. The number of hydrogen-bond donors (Lipinski definition) is 0. The second-order valence-corrected chi connectivity index (χ2v) is 5.30. The predicted octanol–water partition coefficient (Wildman–Crippen LogP) is 3.87. The molecule has 122 valence electrons. The van der Waals surface area contributed by atoms with Crippen molar-refractivity contribution in [2.75, 3.05) is 7.11 Å². The van der Waals surface area contributed by atoms with Gasteiger partial charge in [-0.15, -0.1) is 0 Å². The van der Waals surface area contributed by atoms with Gasteiger partial charge in [0, 0.05) is 29.7 Å². The monoisotopic (exact) mass is 330 g/mol. The topological polar surface area (TPSA) is 73.9 Å². The van der Waals surface area contributed by atoms with Gasteiger partial charge in [-0.3, -0.25) is 9.97 Å². The van der Waals surface area contributed by atoms with Crippen molar-refractivity contribution in [1.29, 1.82) is 0 Å². The lowest BCUT2D eigenvalue weighted by atomic mass is 10.0. The quantitative estimate of drug-likeness (QED) is 0.565. The van der Waals surface area contributed by atoms with Gasteiger partial charge in [0.05, 0.1) is 12.7 Å². The highest BCUT2D eigenvalue weighted by atomic mass is 16.5. The number of rotatable bonds is 4. The van der Waals surface area contributed by atoms with Crippen LogP contribution in [0.3, 0.4) is 0 Å². The number of methoxy groups -OCH3 is 1. The standard InChI is InChI=1S/C19H14N4O2/c1-24-17-8-3-2-6-15(17)13-10-14(12-20-11-13)19-22-18(23-25-19)16-7-4-5-9-21-16/h2-12H,1H3. The lowest BCUT2D eigenvalue weighted by molar-refractivity contribution is 0.416. The molecule has 1 aromatic carbocycles. The molecule has 0 atom stereocenters. The largest absolute Gasteiger partial charge is 0.496 e. The molecule has 0 saturated carbocycles. The van der Waals surface area contributed by atoms with Crippen molar-refractivity contribution in [3.05, 3.63) is 67.1 Å². The smallest absolute Gasteiger partial charge is 0.259 e. The third kappa shape index (κ3) is 2.97. The fourth-order valence-corrected chi connectivity index (χ4v) is 2.53. The summed E-state index contributed by atoms with van der Waals surface area (Å²) in [6, 6.07) is 15.3. The third-order valence-electron chi connectivity index (χ3n) is 3.72. The van der Waals surface area contributed by atoms with Gasteiger partial charge >= 0.3 is 0 Å². The first kappa shape index (κ1) is 15.0. The van der Waals surface area contributed by atoms with E-state index in [-0.39, 0.29) is 0 Å². The molecule has 0 aliphatic rings. The zero-order chi connectivity index (χ0) is 17.1. The van der Waals surface area contributed by atoms with Crippen LogP contribution >= 0.6 is 0 Å². The van der Waals surface area contributed by atoms with Crippen LogP contribution in [0.2, 0.25) is 0 Å². The fourth-order valence-electron chi connectivity index (χ4n) is 2.53. The molecule has 3 aromatic heterocycles. The molecule has 0 saturated heterocycles. The molecule has 0 amide bonds. The maximum absolute atomic E-state index is 5.42. The molecule has 25 heavy (non-hydrogen) atoms. The van der Waals surface area contributed by atoms with E-state index >= 15 is 0 Å². The zero-order valence-corrected chi connectivity index (χ0v) is 13.5. The van der Waals surface area contributed by atoms with Gasteiger partial charge in [0.15, 0.2) is 0 Å². The van der Waals surface area contributed by atoms with Crippen molar-refractivity contribution < 1.29 is 9.26 Å². The summed E-state index contributed by atoms with van der Waals surface area (Å²) in [6.07, 6.45) is 5.15. The Kier molecular flexibility index (Phi) is 3.92. The van der Waals surface area contributed by atoms with Crippen LogP contribution in [0.15, 0.2) is 71.6 Å². The maximum Gasteiger partial charge on any atom is 0.259 e. The number of pyridine rings is 2. The predicted molar refractivity (Wildman–Crippen MR) is 92.7 cm³/mol. The minimum absolute atomic E-state index is 0.393. The van der Waals surface area contributed by atoms with Crippen LogP contribution in [-0.2, 0) is 0 Å². The Morgan fingerprint density at radius 1 is 0.960 bits per heavy atom. The van der Waals surface area contributed by atoms with Gasteiger partial charge in [-0.1, -0.05) is 29.4 Å². The Morgan fingerprint density at radius 3 is 2.64 bits per heavy atom. The van der Waals surface area contributed by atoms with Crippen LogP contribution in [0.4, 0.5) is 0 Å². The van der Waals surface area contributed by atoms with Gasteiger partial charge in [-0.05, 0) is 24.3 Å². The molecule has 6 heteroatoms. The zero-order valence-electron chi connectivity index (χ0n) is 13.5. The Hall–Kier alpha value is -3.54. The van der Waals surface area contributed by atoms with Gasteiger partial charge in [0.1, 0.15) is 11.4 Å². The van der Waals surface area contributed by atoms with Crippen LogP contribution in [0.1, 0.15) is 0 Å². The molecule has 3 heterocycles. The van der Waals surface area contributed by atoms with E-state index in [1.54, 1.807) is 25.7 Å². The number of para-hydroxylation sites is 1. The van der Waals surface area contributed by atoms with Gasteiger partial charge in [-0.25, -0.2) is 0 Å². The molecule has 0 radical (unpaired) electrons. The van der Waals surface area contributed by atoms with E-state index in [0.717, 1.165) is 22.4 Å². The molecule has 0 unspecified atom stereocenters. The van der Waals surface area contributed by atoms with E-state index in [4.69, 9.17) is 9.26 Å². The number of nitrogens with zero attached hydrogens (tertiary/aromatic N) is 4. The molecule has 4 rings (SSSR count). The van der Waals surface area contributed by atoms with Crippen molar-refractivity contribution in [2.45, 2.75) is 0 Å². The first-order chi connectivity index (χ1) is 12.3. The average Bonchev–Trinajstić information content (AvgIpc) is 3.19. The normalized spacial score (nSPS) is 10.6. The Morgan fingerprint density at radius 2 is 1.80 bits per heavy atom. The summed E-state index contributed by atoms with van der Waals surface area (Å²) >= 11 is 0. The summed E-state index contributed by atoms with van der Waals surface area (Å²) in [5.74, 6) is 1.62. The average molecular weight is 330 g/mol. The molecular weight excluding hydrogens is 316 g/mol. The summed E-state index contributed by atoms with van der Waals surface area (Å²) in [7, 11) is 1.65. The van der Waals surface area contributed by atoms with E-state index in [1.165, 1.54) is 0 Å². The second-order valence-electron chi connectivity index (χ2n) is 5.30. The summed E-state index contributed by atoms with van der Waals surface area (Å²) in [5, 5.41) is 4.00. The van der Waals surface area contributed by atoms with Gasteiger partial charge in [0.25, 0.3) is 5.89 Å². The van der Waals surface area contributed by atoms with Crippen molar-refractivity contribution in [2.24, 2.45) is 0 Å². The first-order valence-corrected chi connectivity index (χ1v) is 7.69. The Bertz CT molecular complexity index is 999. The van der Waals surface area contributed by atoms with E-state index in [1.807, 2.05) is 48.5 Å². The van der Waals surface area contributed by atoms with Crippen LogP contribution in [-0.4, -0.2) is 27.2 Å². The van der Waals surface area contributed by atoms with Crippen molar-refractivity contribution in [3.8, 4) is 39.8 Å². The lowest BCUT2D eigenvalue weighted by Crippen LogP contribution is -1.89. The number of ether oxygens (including phenoxy) is 1. The molecule has 6 nitrogen and oxygen atoms in total. The molecule has 0 N–H and O–H groups in total. The van der Waals surface area contributed by atoms with Gasteiger partial charge < -0.3 is 9.26 Å². The minimum atomic E-state index is 0.393. The highest BCUT2D eigenvalue weighted by molar-refractivity contribution is 5.73. The summed E-state index contributed by atoms with van der Waals surface area (Å²) < 4.78 is 10.8. The molecule has 0 bridgehead atoms. The van der Waals surface area contributed by atoms with Crippen molar-refractivity contribution >= 4 is 0 Å². The Labute approximate surface area is 144 Å². The summed E-state index contributed by atoms with van der Waals surface area (Å²) in [6.45, 7) is 0. The molecule has 0 spiro atoms. The SMILES string of the molecule is COc1ccccc1-c1cncc(-c2nc(-c3ccccn3)no2)c1. The highest BCUT2D eigenvalue weighted by Crippen LogP contribution is 2.31. The van der Waals surface area contributed by atoms with Gasteiger partial charge in [0.2, 0.25) is 5.82 Å². The molecule has 0 aliphatic carbocycles. The molecular formula is C19H14N4O2. The van der Waals surface area contributed by atoms with E-state index in [2.05, 4.69) is 20.1 Å². The molecule has 0 aliphatic heterocycles. The molecule has 4 aromatic rings. The van der Waals surface area contributed by atoms with Gasteiger partial charge in [-0.2, -0.15) is 4.98 Å². The van der Waals surface area contributed by atoms with E-state index in [0.29, 0.717) is 17.4 Å². The highest BCUT2D eigenvalue weighted by Gasteiger charge is 2.13. The van der Waals surface area contributed by atoms with E-state index < -0.39 is 0 Å². The van der Waals surface area contributed by atoms with Crippen LogP contribution < -0.4 is 4.74 Å². The first-order valence-electron chi connectivity index (χ1n) is 7.69. The fraction of sp³-hybridized carbons (Fsp3) is 0.0526. The van der Waals surface area contributed by atoms with Crippen LogP contribution in [0, 0.1) is 0 Å². The van der Waals surface area contributed by atoms with E-state index in [9.17, 15) is 0 Å². The summed E-state index contributed by atoms with van der Waals surface area (Å²) in [5.41, 5.74) is 3.25. The third-order valence-corrected chi connectivity index (χ3v) is 3.72. The van der Waals surface area contributed by atoms with Crippen LogP contribution in [0.5, 0.6) is 5.75 Å². The second kappa shape index (κ2) is 6.52. The summed E-state index contributed by atoms with van der Waals surface area (Å²) in [4.78, 5) is 12.9. The van der Waals surface area contributed by atoms with Crippen molar-refractivity contribution in [1.82, 2.24) is 20.1 Å². The van der Waals surface area contributed by atoms with Crippen LogP contribution in [0.25, 0.3) is 34.1 Å². The minimum Gasteiger partial charge on any atom is -0.496 e. The number of benzene rings is 1. The van der Waals surface area contributed by atoms with Crippen molar-refractivity contribution in [3.63, 3.8) is 0 Å². The Balaban J connectivity index is 1.72. The molecule has 0 fully saturated rings. The number of hydrogen-bond acceptors (Lipinski definition) is 6. The maximum atomic E-state index is 5.42. The lowest BCUT2D eigenvalue weighted by Gasteiger charge is -2.08.